The van der Waals surface area contributed by atoms with Crippen molar-refractivity contribution in [3.05, 3.63) is 11.9 Å². The number of hydrogen-bond acceptors (Lipinski definition) is 7. The monoisotopic (exact) mass is 269 g/mol. The van der Waals surface area contributed by atoms with Crippen LogP contribution in [0.5, 0.6) is 0 Å². The first-order valence-corrected chi connectivity index (χ1v) is 6.98. The van der Waals surface area contributed by atoms with Crippen LogP contribution < -0.4 is 16.2 Å². The van der Waals surface area contributed by atoms with Gasteiger partial charge in [0, 0.05) is 37.3 Å². The molecule has 0 radical (unpaired) electrons. The number of ether oxygens (including phenoxy) is 1. The number of nitrogens with zero attached hydrogens (tertiary/aromatic N) is 3. The summed E-state index contributed by atoms with van der Waals surface area (Å²) in [6.07, 6.45) is 0. The molecule has 1 fully saturated rings. The second-order valence-corrected chi connectivity index (χ2v) is 5.78. The Bertz CT molecular complexity index is 403. The third-order valence-corrected chi connectivity index (χ3v) is 3.88. The quantitative estimate of drug-likeness (QED) is 0.620. The van der Waals surface area contributed by atoms with Gasteiger partial charge in [0.05, 0.1) is 0 Å². The molecule has 3 N–H and O–H groups in total. The molecule has 1 aliphatic heterocycles. The van der Waals surface area contributed by atoms with Crippen LogP contribution in [0, 0.1) is 0 Å². The van der Waals surface area contributed by atoms with E-state index < -0.39 is 0 Å². The van der Waals surface area contributed by atoms with Crippen molar-refractivity contribution in [2.45, 2.75) is 18.8 Å². The van der Waals surface area contributed by atoms with Crippen LogP contribution in [0.1, 0.15) is 12.7 Å². The Balaban J connectivity index is 2.22. The highest BCUT2D eigenvalue weighted by Crippen LogP contribution is 2.23. The number of anilines is 2. The van der Waals surface area contributed by atoms with Gasteiger partial charge in [-0.1, -0.05) is 6.92 Å². The van der Waals surface area contributed by atoms with E-state index in [1.54, 1.807) is 7.11 Å². The van der Waals surface area contributed by atoms with Gasteiger partial charge in [0.25, 0.3) is 0 Å². The van der Waals surface area contributed by atoms with Gasteiger partial charge >= 0.3 is 0 Å². The molecular weight excluding hydrogens is 250 g/mol. The first-order chi connectivity index (χ1) is 8.72. The number of rotatable bonds is 4. The van der Waals surface area contributed by atoms with Crippen molar-refractivity contribution in [2.24, 2.45) is 5.84 Å². The van der Waals surface area contributed by atoms with E-state index in [0.717, 1.165) is 24.7 Å². The van der Waals surface area contributed by atoms with Crippen LogP contribution in [-0.2, 0) is 11.3 Å². The lowest BCUT2D eigenvalue weighted by molar-refractivity contribution is 0.178. The molecule has 1 aliphatic rings. The van der Waals surface area contributed by atoms with E-state index in [1.807, 2.05) is 17.8 Å². The smallest absolute Gasteiger partial charge is 0.158 e. The second-order valence-electron chi connectivity index (χ2n) is 4.23. The molecule has 1 aromatic rings. The van der Waals surface area contributed by atoms with E-state index in [4.69, 9.17) is 10.6 Å². The van der Waals surface area contributed by atoms with Gasteiger partial charge in [-0.25, -0.2) is 15.8 Å². The predicted molar refractivity (Wildman–Crippen MR) is 74.7 cm³/mol. The number of hydrazine groups is 1. The fourth-order valence-corrected chi connectivity index (χ4v) is 2.95. The van der Waals surface area contributed by atoms with Crippen molar-refractivity contribution in [3.63, 3.8) is 0 Å². The van der Waals surface area contributed by atoms with E-state index in [1.165, 1.54) is 0 Å². The summed E-state index contributed by atoms with van der Waals surface area (Å²) < 4.78 is 5.07. The van der Waals surface area contributed by atoms with E-state index in [0.29, 0.717) is 23.5 Å². The summed E-state index contributed by atoms with van der Waals surface area (Å²) in [5, 5.41) is 0.619. The summed E-state index contributed by atoms with van der Waals surface area (Å²) in [6, 6.07) is 1.88. The molecule has 2 heterocycles. The van der Waals surface area contributed by atoms with Crippen LogP contribution in [0.2, 0.25) is 0 Å². The van der Waals surface area contributed by atoms with Crippen molar-refractivity contribution in [1.82, 2.24) is 9.97 Å². The van der Waals surface area contributed by atoms with Gasteiger partial charge < -0.3 is 15.1 Å². The molecule has 1 atom stereocenters. The maximum absolute atomic E-state index is 5.44. The number of nitrogens with two attached hydrogens (primary N) is 1. The molecule has 100 valence electrons. The standard InChI is InChI=1S/C11H19N5OS/c1-8-6-16(3-4-18-8)11-5-9(15-12)13-10(14-11)7-17-2/h5,8H,3-4,6-7,12H2,1-2H3,(H,13,14,15). The minimum absolute atomic E-state index is 0.390. The van der Waals surface area contributed by atoms with Crippen molar-refractivity contribution < 1.29 is 4.74 Å². The molecule has 1 saturated heterocycles. The molecule has 0 aliphatic carbocycles. The molecule has 1 aromatic heterocycles. The highest BCUT2D eigenvalue weighted by molar-refractivity contribution is 8.00. The van der Waals surface area contributed by atoms with Gasteiger partial charge in [-0.3, -0.25) is 0 Å². The Labute approximate surface area is 111 Å². The molecule has 2 rings (SSSR count). The zero-order chi connectivity index (χ0) is 13.0. The largest absolute Gasteiger partial charge is 0.377 e. The zero-order valence-corrected chi connectivity index (χ0v) is 11.5. The zero-order valence-electron chi connectivity index (χ0n) is 10.7. The van der Waals surface area contributed by atoms with Crippen molar-refractivity contribution in [2.75, 3.05) is 36.3 Å². The number of nitrogens with one attached hydrogen (secondary N) is 1. The summed E-state index contributed by atoms with van der Waals surface area (Å²) in [5.74, 6) is 8.74. The molecule has 6 nitrogen and oxygen atoms in total. The molecular formula is C11H19N5OS. The third-order valence-electron chi connectivity index (χ3n) is 2.75. The first kappa shape index (κ1) is 13.4. The van der Waals surface area contributed by atoms with Gasteiger partial charge in [0.15, 0.2) is 5.82 Å². The van der Waals surface area contributed by atoms with Gasteiger partial charge in [-0.05, 0) is 0 Å². The normalized spacial score (nSPS) is 19.9. The Morgan fingerprint density at radius 2 is 2.44 bits per heavy atom. The topological polar surface area (TPSA) is 76.3 Å². The van der Waals surface area contributed by atoms with Crippen LogP contribution in [0.25, 0.3) is 0 Å². The Morgan fingerprint density at radius 1 is 1.61 bits per heavy atom. The van der Waals surface area contributed by atoms with Crippen LogP contribution in [0.15, 0.2) is 6.07 Å². The molecule has 1 unspecified atom stereocenters. The summed E-state index contributed by atoms with van der Waals surface area (Å²) in [4.78, 5) is 11.0. The summed E-state index contributed by atoms with van der Waals surface area (Å²) in [6.45, 7) is 4.62. The Kier molecular flexibility index (Phi) is 4.62. The number of methoxy groups -OCH3 is 1. The maximum atomic E-state index is 5.44. The first-order valence-electron chi connectivity index (χ1n) is 5.93. The van der Waals surface area contributed by atoms with Gasteiger partial charge in [0.1, 0.15) is 18.2 Å². The predicted octanol–water partition coefficient (Wildman–Crippen LogP) is 0.850. The lowest BCUT2D eigenvalue weighted by Crippen LogP contribution is -2.37. The van der Waals surface area contributed by atoms with Crippen LogP contribution >= 0.6 is 11.8 Å². The van der Waals surface area contributed by atoms with E-state index in [9.17, 15) is 0 Å². The van der Waals surface area contributed by atoms with Crippen LogP contribution in [0.4, 0.5) is 11.6 Å². The molecule has 7 heteroatoms. The van der Waals surface area contributed by atoms with E-state index in [2.05, 4.69) is 27.2 Å². The minimum atomic E-state index is 0.390. The molecule has 18 heavy (non-hydrogen) atoms. The molecule has 0 spiro atoms. The molecule has 0 bridgehead atoms. The van der Waals surface area contributed by atoms with Crippen molar-refractivity contribution in [3.8, 4) is 0 Å². The van der Waals surface area contributed by atoms with Gasteiger partial charge in [-0.15, -0.1) is 0 Å². The van der Waals surface area contributed by atoms with Crippen LogP contribution in [0.3, 0.4) is 0 Å². The van der Waals surface area contributed by atoms with E-state index >= 15 is 0 Å². The Hall–Kier alpha value is -1.05. The number of nitrogen functional groups attached to an aromatic ring is 1. The van der Waals surface area contributed by atoms with Crippen molar-refractivity contribution in [1.29, 1.82) is 0 Å². The lowest BCUT2D eigenvalue weighted by atomic mass is 10.3. The Morgan fingerprint density at radius 3 is 3.11 bits per heavy atom. The second kappa shape index (κ2) is 6.21. The van der Waals surface area contributed by atoms with E-state index in [-0.39, 0.29) is 0 Å². The molecule has 0 aromatic carbocycles. The third kappa shape index (κ3) is 3.24. The molecule has 0 amide bonds. The summed E-state index contributed by atoms with van der Waals surface area (Å²) in [5.41, 5.74) is 2.58. The lowest BCUT2D eigenvalue weighted by Gasteiger charge is -2.31. The highest BCUT2D eigenvalue weighted by Gasteiger charge is 2.19. The number of hydrogen-bond donors (Lipinski definition) is 2. The number of thioether (sulfide) groups is 1. The van der Waals surface area contributed by atoms with Crippen molar-refractivity contribution >= 4 is 23.4 Å². The summed E-state index contributed by atoms with van der Waals surface area (Å²) in [7, 11) is 1.63. The van der Waals surface area contributed by atoms with Gasteiger partial charge in [0.2, 0.25) is 0 Å². The number of aromatic nitrogens is 2. The average molecular weight is 269 g/mol. The minimum Gasteiger partial charge on any atom is -0.377 e. The summed E-state index contributed by atoms with van der Waals surface area (Å²) >= 11 is 1.99. The molecule has 0 saturated carbocycles. The highest BCUT2D eigenvalue weighted by atomic mass is 32.2. The maximum Gasteiger partial charge on any atom is 0.158 e. The SMILES string of the molecule is COCc1nc(NN)cc(N2CCSC(C)C2)n1. The fraction of sp³-hybridized carbons (Fsp3) is 0.636. The van der Waals surface area contributed by atoms with Gasteiger partial charge in [-0.2, -0.15) is 11.8 Å². The average Bonchev–Trinajstić information content (AvgIpc) is 2.39. The van der Waals surface area contributed by atoms with Crippen LogP contribution in [-0.4, -0.2) is 41.2 Å². The fourth-order valence-electron chi connectivity index (χ4n) is 1.94.